The zero-order valence-corrected chi connectivity index (χ0v) is 9.29. The minimum atomic E-state index is -0.0204. The van der Waals surface area contributed by atoms with Crippen LogP contribution in [0.3, 0.4) is 0 Å². The second-order valence-corrected chi connectivity index (χ2v) is 3.92. The van der Waals surface area contributed by atoms with Crippen molar-refractivity contribution in [3.05, 3.63) is 29.5 Å². The summed E-state index contributed by atoms with van der Waals surface area (Å²) in [5.41, 5.74) is 9.19. The topological polar surface area (TPSA) is 51.0 Å². The number of hydrogen-bond donors (Lipinski definition) is 2. The summed E-state index contributed by atoms with van der Waals surface area (Å²) in [6.45, 7) is 4.00. The fraction of sp³-hybridized carbons (Fsp3) is 0.333. The van der Waals surface area contributed by atoms with Gasteiger partial charge in [0, 0.05) is 28.2 Å². The van der Waals surface area contributed by atoms with Crippen LogP contribution in [0.4, 0.5) is 0 Å². The molecular formula is C12H16N2O. The highest BCUT2D eigenvalue weighted by molar-refractivity contribution is 5.83. The summed E-state index contributed by atoms with van der Waals surface area (Å²) in [6, 6.07) is 6.17. The minimum absolute atomic E-state index is 0.0204. The Morgan fingerprint density at radius 2 is 2.07 bits per heavy atom. The summed E-state index contributed by atoms with van der Waals surface area (Å²) < 4.78 is 5.33. The van der Waals surface area contributed by atoms with Crippen LogP contribution in [0, 0.1) is 6.92 Å². The molecule has 0 aliphatic carbocycles. The second kappa shape index (κ2) is 3.59. The van der Waals surface area contributed by atoms with E-state index in [9.17, 15) is 0 Å². The first-order valence-electron chi connectivity index (χ1n) is 5.04. The van der Waals surface area contributed by atoms with Gasteiger partial charge in [-0.05, 0) is 32.0 Å². The van der Waals surface area contributed by atoms with Crippen molar-refractivity contribution in [3.63, 3.8) is 0 Å². The predicted octanol–water partition coefficient (Wildman–Crippen LogP) is 2.50. The normalized spacial score (nSPS) is 13.1. The van der Waals surface area contributed by atoms with Crippen molar-refractivity contribution in [3.8, 4) is 5.75 Å². The van der Waals surface area contributed by atoms with Crippen molar-refractivity contribution < 1.29 is 4.74 Å². The van der Waals surface area contributed by atoms with Gasteiger partial charge in [0.25, 0.3) is 0 Å². The average molecular weight is 204 g/mol. The fourth-order valence-corrected chi connectivity index (χ4v) is 1.85. The number of methoxy groups -OCH3 is 1. The largest absolute Gasteiger partial charge is 0.496 e. The summed E-state index contributed by atoms with van der Waals surface area (Å²) in [4.78, 5) is 3.29. The molecule has 3 N–H and O–H groups in total. The van der Waals surface area contributed by atoms with Crippen molar-refractivity contribution in [1.82, 2.24) is 4.98 Å². The van der Waals surface area contributed by atoms with Crippen LogP contribution in [0.15, 0.2) is 18.2 Å². The molecule has 0 aliphatic heterocycles. The van der Waals surface area contributed by atoms with E-state index in [1.807, 2.05) is 19.9 Å². The van der Waals surface area contributed by atoms with Gasteiger partial charge in [-0.1, -0.05) is 0 Å². The molecule has 1 unspecified atom stereocenters. The van der Waals surface area contributed by atoms with Gasteiger partial charge in [0.05, 0.1) is 7.11 Å². The Hall–Kier alpha value is -1.48. The van der Waals surface area contributed by atoms with E-state index in [0.717, 1.165) is 27.9 Å². The van der Waals surface area contributed by atoms with Crippen LogP contribution in [0.5, 0.6) is 5.75 Å². The van der Waals surface area contributed by atoms with Gasteiger partial charge >= 0.3 is 0 Å². The van der Waals surface area contributed by atoms with Gasteiger partial charge in [0.1, 0.15) is 5.75 Å². The average Bonchev–Trinajstić information content (AvgIpc) is 2.54. The summed E-state index contributed by atoms with van der Waals surface area (Å²) in [6.07, 6.45) is 0. The van der Waals surface area contributed by atoms with Gasteiger partial charge in [-0.3, -0.25) is 0 Å². The molecule has 80 valence electrons. The van der Waals surface area contributed by atoms with E-state index in [-0.39, 0.29) is 6.04 Å². The van der Waals surface area contributed by atoms with E-state index >= 15 is 0 Å². The number of hydrogen-bond acceptors (Lipinski definition) is 2. The Labute approximate surface area is 89.2 Å². The van der Waals surface area contributed by atoms with E-state index in [1.165, 1.54) is 0 Å². The molecule has 15 heavy (non-hydrogen) atoms. The molecule has 0 amide bonds. The van der Waals surface area contributed by atoms with Crippen LogP contribution in [-0.2, 0) is 0 Å². The Kier molecular flexibility index (Phi) is 2.40. The molecule has 3 nitrogen and oxygen atoms in total. The third-order valence-electron chi connectivity index (χ3n) is 2.60. The summed E-state index contributed by atoms with van der Waals surface area (Å²) in [7, 11) is 1.67. The van der Waals surface area contributed by atoms with E-state index in [1.54, 1.807) is 7.11 Å². The first-order chi connectivity index (χ1) is 7.11. The summed E-state index contributed by atoms with van der Waals surface area (Å²) in [5, 5.41) is 1.16. The molecule has 1 aromatic heterocycles. The van der Waals surface area contributed by atoms with Crippen molar-refractivity contribution in [1.29, 1.82) is 0 Å². The molecule has 0 bridgehead atoms. The molecule has 0 spiro atoms. The Morgan fingerprint density at radius 3 is 2.67 bits per heavy atom. The summed E-state index contributed by atoms with van der Waals surface area (Å²) >= 11 is 0. The number of H-pyrrole nitrogens is 1. The van der Waals surface area contributed by atoms with Gasteiger partial charge in [-0.25, -0.2) is 0 Å². The van der Waals surface area contributed by atoms with Crippen molar-refractivity contribution in [2.75, 3.05) is 7.11 Å². The summed E-state index contributed by atoms with van der Waals surface area (Å²) in [5.74, 6) is 0.858. The molecule has 3 heteroatoms. The Morgan fingerprint density at radius 1 is 1.33 bits per heavy atom. The van der Waals surface area contributed by atoms with E-state index in [2.05, 4.69) is 17.1 Å². The zero-order valence-electron chi connectivity index (χ0n) is 9.29. The molecule has 1 aromatic carbocycles. The number of aromatic amines is 1. The van der Waals surface area contributed by atoms with Crippen LogP contribution in [0.1, 0.15) is 24.2 Å². The van der Waals surface area contributed by atoms with Gasteiger partial charge in [-0.2, -0.15) is 0 Å². The first-order valence-corrected chi connectivity index (χ1v) is 5.04. The van der Waals surface area contributed by atoms with Gasteiger partial charge in [0.2, 0.25) is 0 Å². The number of rotatable bonds is 2. The van der Waals surface area contributed by atoms with Crippen molar-refractivity contribution in [2.45, 2.75) is 19.9 Å². The quantitative estimate of drug-likeness (QED) is 0.789. The van der Waals surface area contributed by atoms with E-state index in [4.69, 9.17) is 10.5 Å². The molecule has 0 saturated heterocycles. The maximum atomic E-state index is 5.89. The first kappa shape index (κ1) is 10.1. The number of aromatic nitrogens is 1. The smallest absolute Gasteiger partial charge is 0.124 e. The van der Waals surface area contributed by atoms with E-state index < -0.39 is 0 Å². The molecule has 0 saturated carbocycles. The molecular weight excluding hydrogens is 188 g/mol. The Balaban J connectivity index is 2.68. The lowest BCUT2D eigenvalue weighted by molar-refractivity contribution is 0.407. The fourth-order valence-electron chi connectivity index (χ4n) is 1.85. The monoisotopic (exact) mass is 204 g/mol. The molecule has 0 fully saturated rings. The highest BCUT2D eigenvalue weighted by Gasteiger charge is 2.10. The Bertz CT molecular complexity index is 486. The maximum Gasteiger partial charge on any atom is 0.124 e. The highest BCUT2D eigenvalue weighted by Crippen LogP contribution is 2.29. The maximum absolute atomic E-state index is 5.89. The molecule has 2 rings (SSSR count). The molecule has 1 heterocycles. The number of fused-ring (bicyclic) bond motifs is 1. The lowest BCUT2D eigenvalue weighted by atomic mass is 10.1. The molecule has 0 radical (unpaired) electrons. The van der Waals surface area contributed by atoms with Crippen LogP contribution < -0.4 is 10.5 Å². The number of aryl methyl sites for hydroxylation is 1. The number of benzene rings is 1. The van der Waals surface area contributed by atoms with Crippen LogP contribution in [0.25, 0.3) is 10.9 Å². The van der Waals surface area contributed by atoms with Gasteiger partial charge < -0.3 is 15.5 Å². The number of ether oxygens (including phenoxy) is 1. The third-order valence-corrected chi connectivity index (χ3v) is 2.60. The SMILES string of the molecule is COc1cc2cc(C)[nH]c2cc1C(C)N. The third kappa shape index (κ3) is 1.70. The molecule has 2 aromatic rings. The van der Waals surface area contributed by atoms with Crippen molar-refractivity contribution in [2.24, 2.45) is 5.73 Å². The second-order valence-electron chi connectivity index (χ2n) is 3.92. The molecule has 0 aliphatic rings. The standard InChI is InChI=1S/C12H16N2O/c1-7-4-9-5-12(15-3)10(8(2)13)6-11(9)14-7/h4-6,8,14H,13H2,1-3H3. The number of nitrogens with one attached hydrogen (secondary N) is 1. The van der Waals surface area contributed by atoms with E-state index in [0.29, 0.717) is 0 Å². The van der Waals surface area contributed by atoms with Gasteiger partial charge in [-0.15, -0.1) is 0 Å². The van der Waals surface area contributed by atoms with Crippen LogP contribution in [0.2, 0.25) is 0 Å². The zero-order chi connectivity index (χ0) is 11.0. The molecule has 1 atom stereocenters. The predicted molar refractivity (Wildman–Crippen MR) is 62.2 cm³/mol. The number of nitrogens with two attached hydrogens (primary N) is 1. The minimum Gasteiger partial charge on any atom is -0.496 e. The van der Waals surface area contributed by atoms with Crippen molar-refractivity contribution >= 4 is 10.9 Å². The highest BCUT2D eigenvalue weighted by atomic mass is 16.5. The van der Waals surface area contributed by atoms with Crippen LogP contribution >= 0.6 is 0 Å². The van der Waals surface area contributed by atoms with Crippen LogP contribution in [-0.4, -0.2) is 12.1 Å². The lowest BCUT2D eigenvalue weighted by Crippen LogP contribution is -2.06. The van der Waals surface area contributed by atoms with Gasteiger partial charge in [0.15, 0.2) is 0 Å². The lowest BCUT2D eigenvalue weighted by Gasteiger charge is -2.11.